The van der Waals surface area contributed by atoms with Crippen molar-refractivity contribution < 1.29 is 0 Å². The average molecular weight is 213 g/mol. The summed E-state index contributed by atoms with van der Waals surface area (Å²) in [4.78, 5) is 8.40. The van der Waals surface area contributed by atoms with Crippen LogP contribution in [0.5, 0.6) is 0 Å². The smallest absolute Gasteiger partial charge is 0.151 e. The maximum absolute atomic E-state index is 5.92. The van der Waals surface area contributed by atoms with Crippen molar-refractivity contribution in [3.8, 4) is 0 Å². The third-order valence-electron chi connectivity index (χ3n) is 1.76. The van der Waals surface area contributed by atoms with E-state index >= 15 is 0 Å². The van der Waals surface area contributed by atoms with Crippen molar-refractivity contribution in [1.29, 1.82) is 0 Å². The molecule has 66 valence electrons. The molecule has 0 fully saturated rings. The number of aromatic nitrogens is 2. The first-order valence-corrected chi connectivity index (χ1v) is 4.52. The predicted octanol–water partition coefficient (Wildman–Crippen LogP) is 3.25. The third kappa shape index (κ3) is 1.47. The van der Waals surface area contributed by atoms with Crippen LogP contribution in [0.15, 0.2) is 18.2 Å². The first kappa shape index (κ1) is 8.73. The number of hydrogen-bond donors (Lipinski definition) is 0. The summed E-state index contributed by atoms with van der Waals surface area (Å²) in [5.74, 6) is 0. The number of aryl methyl sites for hydroxylation is 1. The maximum atomic E-state index is 5.92. The number of nitrogens with zero attached hydrogens (tertiary/aromatic N) is 2. The normalized spacial score (nSPS) is 10.7. The first-order chi connectivity index (χ1) is 6.18. The van der Waals surface area contributed by atoms with Gasteiger partial charge in [-0.3, -0.25) is 0 Å². The molecule has 1 heterocycles. The molecule has 0 saturated carbocycles. The second-order valence-corrected chi connectivity index (χ2v) is 3.47. The van der Waals surface area contributed by atoms with Gasteiger partial charge in [0.05, 0.1) is 16.2 Å². The van der Waals surface area contributed by atoms with Crippen molar-refractivity contribution in [2.24, 2.45) is 0 Å². The zero-order valence-corrected chi connectivity index (χ0v) is 8.39. The molecule has 0 aliphatic rings. The van der Waals surface area contributed by atoms with Gasteiger partial charge in [0.25, 0.3) is 0 Å². The van der Waals surface area contributed by atoms with Crippen LogP contribution in [-0.4, -0.2) is 9.97 Å². The molecule has 0 radical (unpaired) electrons. The van der Waals surface area contributed by atoms with Gasteiger partial charge in [0.15, 0.2) is 5.15 Å². The number of halogens is 2. The highest BCUT2D eigenvalue weighted by Crippen LogP contribution is 2.22. The molecule has 1 aromatic heterocycles. The Morgan fingerprint density at radius 2 is 1.92 bits per heavy atom. The minimum Gasteiger partial charge on any atom is -0.248 e. The fraction of sp³-hybridized carbons (Fsp3) is 0.111. The molecule has 0 bridgehead atoms. The molecule has 2 rings (SSSR count). The van der Waals surface area contributed by atoms with Crippen molar-refractivity contribution in [1.82, 2.24) is 9.97 Å². The molecule has 2 nitrogen and oxygen atoms in total. The number of hydrogen-bond acceptors (Lipinski definition) is 2. The van der Waals surface area contributed by atoms with Crippen LogP contribution in [0.25, 0.3) is 11.0 Å². The molecule has 0 amide bonds. The van der Waals surface area contributed by atoms with Crippen LogP contribution in [-0.2, 0) is 0 Å². The number of benzene rings is 1. The Kier molecular flexibility index (Phi) is 2.10. The lowest BCUT2D eigenvalue weighted by molar-refractivity contribution is 1.18. The zero-order valence-electron chi connectivity index (χ0n) is 6.88. The van der Waals surface area contributed by atoms with Gasteiger partial charge in [0.1, 0.15) is 5.52 Å². The predicted molar refractivity (Wildman–Crippen MR) is 54.3 cm³/mol. The molecule has 4 heteroatoms. The summed E-state index contributed by atoms with van der Waals surface area (Å²) in [7, 11) is 0. The Morgan fingerprint density at radius 1 is 1.15 bits per heavy atom. The van der Waals surface area contributed by atoms with E-state index in [0.29, 0.717) is 15.7 Å². The molecule has 0 unspecified atom stereocenters. The van der Waals surface area contributed by atoms with E-state index in [-0.39, 0.29) is 0 Å². The van der Waals surface area contributed by atoms with Crippen molar-refractivity contribution in [2.45, 2.75) is 6.92 Å². The first-order valence-electron chi connectivity index (χ1n) is 3.77. The summed E-state index contributed by atoms with van der Waals surface area (Å²) < 4.78 is 0. The van der Waals surface area contributed by atoms with Crippen LogP contribution in [0.2, 0.25) is 10.2 Å². The van der Waals surface area contributed by atoms with E-state index < -0.39 is 0 Å². The van der Waals surface area contributed by atoms with E-state index in [4.69, 9.17) is 23.2 Å². The fourth-order valence-electron chi connectivity index (χ4n) is 1.11. The van der Waals surface area contributed by atoms with Gasteiger partial charge in [0.2, 0.25) is 0 Å². The Bertz CT molecular complexity index is 468. The van der Waals surface area contributed by atoms with Crippen molar-refractivity contribution in [2.75, 3.05) is 0 Å². The largest absolute Gasteiger partial charge is 0.248 e. The van der Waals surface area contributed by atoms with Crippen LogP contribution < -0.4 is 0 Å². The van der Waals surface area contributed by atoms with Gasteiger partial charge in [0, 0.05) is 0 Å². The molecule has 0 aliphatic carbocycles. The zero-order chi connectivity index (χ0) is 9.42. The quantitative estimate of drug-likeness (QED) is 0.671. The average Bonchev–Trinajstić information content (AvgIpc) is 2.09. The number of para-hydroxylation sites is 1. The molecular formula is C9H6Cl2N2. The van der Waals surface area contributed by atoms with Crippen molar-refractivity contribution >= 4 is 34.2 Å². The molecule has 0 spiro atoms. The van der Waals surface area contributed by atoms with Crippen LogP contribution >= 0.6 is 23.2 Å². The minimum atomic E-state index is 0.403. The summed E-state index contributed by atoms with van der Waals surface area (Å²) in [6, 6.07) is 5.47. The summed E-state index contributed by atoms with van der Waals surface area (Å²) >= 11 is 11.7. The maximum Gasteiger partial charge on any atom is 0.151 e. The summed E-state index contributed by atoms with van der Waals surface area (Å²) in [6.45, 7) is 1.82. The lowest BCUT2D eigenvalue weighted by Crippen LogP contribution is -1.89. The monoisotopic (exact) mass is 212 g/mol. The Labute approximate surface area is 85.5 Å². The minimum absolute atomic E-state index is 0.403. The fourth-order valence-corrected chi connectivity index (χ4v) is 1.45. The van der Waals surface area contributed by atoms with Gasteiger partial charge in [-0.2, -0.15) is 0 Å². The third-order valence-corrected chi connectivity index (χ3v) is 2.43. The van der Waals surface area contributed by atoms with E-state index in [0.717, 1.165) is 11.2 Å². The van der Waals surface area contributed by atoms with Crippen LogP contribution in [0, 0.1) is 6.92 Å². The Morgan fingerprint density at radius 3 is 2.69 bits per heavy atom. The Hall–Kier alpha value is -0.860. The lowest BCUT2D eigenvalue weighted by Gasteiger charge is -2.01. The highest BCUT2D eigenvalue weighted by molar-refractivity contribution is 6.35. The van der Waals surface area contributed by atoms with E-state index in [2.05, 4.69) is 9.97 Å². The lowest BCUT2D eigenvalue weighted by atomic mass is 10.3. The van der Waals surface area contributed by atoms with Gasteiger partial charge >= 0.3 is 0 Å². The second-order valence-electron chi connectivity index (χ2n) is 2.71. The van der Waals surface area contributed by atoms with E-state index in [9.17, 15) is 0 Å². The van der Waals surface area contributed by atoms with E-state index in [1.54, 1.807) is 6.07 Å². The highest BCUT2D eigenvalue weighted by atomic mass is 35.5. The summed E-state index contributed by atoms with van der Waals surface area (Å²) in [6.07, 6.45) is 0. The van der Waals surface area contributed by atoms with Gasteiger partial charge in [-0.25, -0.2) is 9.97 Å². The van der Waals surface area contributed by atoms with Gasteiger partial charge in [-0.15, -0.1) is 0 Å². The van der Waals surface area contributed by atoms with Crippen molar-refractivity contribution in [3.63, 3.8) is 0 Å². The molecule has 0 saturated heterocycles. The molecule has 0 atom stereocenters. The van der Waals surface area contributed by atoms with Crippen LogP contribution in [0.4, 0.5) is 0 Å². The molecule has 1 aromatic carbocycles. The molecular weight excluding hydrogens is 207 g/mol. The van der Waals surface area contributed by atoms with Gasteiger partial charge in [-0.05, 0) is 19.1 Å². The van der Waals surface area contributed by atoms with E-state index in [1.165, 1.54) is 0 Å². The van der Waals surface area contributed by atoms with Gasteiger partial charge < -0.3 is 0 Å². The summed E-state index contributed by atoms with van der Waals surface area (Å²) in [5, 5.41) is 0.979. The van der Waals surface area contributed by atoms with E-state index in [1.807, 2.05) is 19.1 Å². The molecule has 13 heavy (non-hydrogen) atoms. The molecule has 0 aliphatic heterocycles. The van der Waals surface area contributed by atoms with Crippen LogP contribution in [0.1, 0.15) is 5.69 Å². The number of rotatable bonds is 0. The molecule has 2 aromatic rings. The SMILES string of the molecule is Cc1nc2cccc(Cl)c2nc1Cl. The standard InChI is InChI=1S/C9H6Cl2N2/c1-5-9(11)13-8-6(10)3-2-4-7(8)12-5/h2-4H,1H3. The highest BCUT2D eigenvalue weighted by Gasteiger charge is 2.04. The van der Waals surface area contributed by atoms with Crippen molar-refractivity contribution in [3.05, 3.63) is 34.1 Å². The molecule has 0 N–H and O–H groups in total. The summed E-state index contributed by atoms with van der Waals surface area (Å²) in [5.41, 5.74) is 2.14. The number of fused-ring (bicyclic) bond motifs is 1. The van der Waals surface area contributed by atoms with Gasteiger partial charge in [-0.1, -0.05) is 29.3 Å². The topological polar surface area (TPSA) is 25.8 Å². The van der Waals surface area contributed by atoms with Crippen LogP contribution in [0.3, 0.4) is 0 Å². The Balaban J connectivity index is 2.89. The second kappa shape index (κ2) is 3.13.